The van der Waals surface area contributed by atoms with E-state index in [0.717, 1.165) is 102 Å². The van der Waals surface area contributed by atoms with Crippen LogP contribution in [0, 0.1) is 23.7 Å². The number of nitrogens with zero attached hydrogens (tertiary/aromatic N) is 4. The summed E-state index contributed by atoms with van der Waals surface area (Å²) in [5.74, 6) is 5.10. The van der Waals surface area contributed by atoms with Crippen LogP contribution in [0.5, 0.6) is 11.5 Å². The average Bonchev–Trinajstić information content (AvgIpc) is 0.852. The molecule has 0 spiro atoms. The highest BCUT2D eigenvalue weighted by Gasteiger charge is 2.59. The molecule has 0 radical (unpaired) electrons. The summed E-state index contributed by atoms with van der Waals surface area (Å²) in [6, 6.07) is 114. The first-order chi connectivity index (χ1) is 47.1. The van der Waals surface area contributed by atoms with Crippen LogP contribution in [-0.4, -0.2) is 16.2 Å². The van der Waals surface area contributed by atoms with Crippen LogP contribution in [0.3, 0.4) is 0 Å². The summed E-state index contributed by atoms with van der Waals surface area (Å²) in [6.45, 7) is 0.553. The second-order valence-electron chi connectivity index (χ2n) is 27.0. The third-order valence-electron chi connectivity index (χ3n) is 21.9. The molecule has 2 aromatic heterocycles. The molecule has 5 aliphatic rings. The van der Waals surface area contributed by atoms with Gasteiger partial charge >= 0.3 is 0 Å². The predicted molar refractivity (Wildman–Crippen MR) is 394 cm³/mol. The van der Waals surface area contributed by atoms with Gasteiger partial charge in [-0.3, -0.25) is 4.57 Å². The molecule has 95 heavy (non-hydrogen) atoms. The Bertz CT molecular complexity index is 5320. The van der Waals surface area contributed by atoms with Gasteiger partial charge in [0.15, 0.2) is 0 Å². The summed E-state index contributed by atoms with van der Waals surface area (Å²) < 4.78 is 9.95. The molecule has 5 heteroatoms. The van der Waals surface area contributed by atoms with Crippen molar-refractivity contribution >= 4 is 66.1 Å². The molecule has 0 saturated heterocycles. The number of rotatable bonds is 12. The fraction of sp³-hybridized carbons (Fsp3) is 0.122. The quantitative estimate of drug-likeness (QED) is 0.114. The van der Waals surface area contributed by atoms with Crippen LogP contribution < -0.4 is 14.5 Å². The van der Waals surface area contributed by atoms with Gasteiger partial charge in [0.1, 0.15) is 24.0 Å². The minimum Gasteiger partial charge on any atom is -0.457 e. The van der Waals surface area contributed by atoms with Crippen molar-refractivity contribution < 1.29 is 4.74 Å². The molecule has 0 N–H and O–H groups in total. The summed E-state index contributed by atoms with van der Waals surface area (Å²) >= 11 is 0. The van der Waals surface area contributed by atoms with E-state index < -0.39 is 0 Å². The Morgan fingerprint density at radius 2 is 0.895 bits per heavy atom. The highest BCUT2D eigenvalue weighted by molar-refractivity contribution is 6.11. The predicted octanol–water partition coefficient (Wildman–Crippen LogP) is 23.6. The van der Waals surface area contributed by atoms with Gasteiger partial charge in [0, 0.05) is 51.3 Å². The standard InChI is InChI=1S/C90H68N4O/c1-5-22-61(23-6-1)74-33-19-34-75(62-24-7-2-8-25-62)88(74)66-53-70(92-58-93(85-41-18-17-40-84(85)92)89-76(63-26-9-3-10-27-63)35-20-36-77(89)64-28-11-4-12-29-64)56-72(54-66)95-71-43-45-81-80-32-15-16-39-83(80)94(86(81)57-71)87-55-67(46-47-91-87)90(68-49-59-48-60(51-68)52-69(90)50-59)82-38-21-37-78-73-31-14-13-30-65(73)42-44-79(78)82/h1-47,53-57,59-60,68-69H,48-52,58H2. The smallest absolute Gasteiger partial charge is 0.137 e. The van der Waals surface area contributed by atoms with E-state index in [4.69, 9.17) is 9.72 Å². The molecule has 4 saturated carbocycles. The SMILES string of the molecule is c1ccc(-c2cccc(-c3ccccc3)c2-c2cc(Oc3ccc4c5ccccc5n(-c5cc(C6(c7cccc8c7ccc7ccccc78)C7CC8CC(C7)CC6C8)ccn5)c4c3)cc(N3CN(c4c(-c5ccccc5)cccc4-c4ccccc4)c4ccccc43)c2)cc1. The zero-order chi connectivity index (χ0) is 62.6. The Hall–Kier alpha value is -11.3. The second kappa shape index (κ2) is 22.5. The lowest BCUT2D eigenvalue weighted by molar-refractivity contribution is -0.0412. The van der Waals surface area contributed by atoms with Gasteiger partial charge in [-0.2, -0.15) is 0 Å². The first-order valence-electron chi connectivity index (χ1n) is 33.9. The molecule has 3 heterocycles. The van der Waals surface area contributed by atoms with Gasteiger partial charge in [-0.05, 0) is 188 Å². The molecule has 4 bridgehead atoms. The average molecular weight is 1220 g/mol. The molecule has 0 amide bonds. The monoisotopic (exact) mass is 1220 g/mol. The van der Waals surface area contributed by atoms with Crippen molar-refractivity contribution in [3.8, 4) is 73.0 Å². The van der Waals surface area contributed by atoms with Crippen molar-refractivity contribution in [1.82, 2.24) is 9.55 Å². The Morgan fingerprint density at radius 3 is 1.56 bits per heavy atom. The number of benzene rings is 13. The van der Waals surface area contributed by atoms with Gasteiger partial charge in [0.25, 0.3) is 0 Å². The van der Waals surface area contributed by atoms with E-state index >= 15 is 0 Å². The molecule has 5 nitrogen and oxygen atoms in total. The molecule has 20 rings (SSSR count). The lowest BCUT2D eigenvalue weighted by Gasteiger charge is -2.62. The van der Waals surface area contributed by atoms with Crippen molar-refractivity contribution in [1.29, 1.82) is 0 Å². The first kappa shape index (κ1) is 55.4. The maximum Gasteiger partial charge on any atom is 0.137 e. The van der Waals surface area contributed by atoms with Crippen LogP contribution in [0.25, 0.3) is 105 Å². The van der Waals surface area contributed by atoms with Crippen molar-refractivity contribution in [2.45, 2.75) is 37.5 Å². The number of fused-ring (bicyclic) bond motifs is 7. The van der Waals surface area contributed by atoms with E-state index in [1.54, 1.807) is 0 Å². The summed E-state index contributed by atoms with van der Waals surface area (Å²) in [5, 5.41) is 7.69. The molecule has 0 atom stereocenters. The Kier molecular flexibility index (Phi) is 13.1. The number of anilines is 4. The van der Waals surface area contributed by atoms with Crippen molar-refractivity contribution in [2.24, 2.45) is 23.7 Å². The van der Waals surface area contributed by atoms with Gasteiger partial charge in [-0.1, -0.05) is 243 Å². The van der Waals surface area contributed by atoms with E-state index in [9.17, 15) is 0 Å². The zero-order valence-electron chi connectivity index (χ0n) is 52.8. The first-order valence-corrected chi connectivity index (χ1v) is 33.9. The van der Waals surface area contributed by atoms with Crippen LogP contribution in [0.15, 0.2) is 316 Å². The molecule has 15 aromatic rings. The number of hydrogen-bond acceptors (Lipinski definition) is 4. The molecule has 4 fully saturated rings. The van der Waals surface area contributed by atoms with E-state index in [1.165, 1.54) is 92.4 Å². The van der Waals surface area contributed by atoms with Gasteiger partial charge in [0.05, 0.1) is 28.1 Å². The Morgan fingerprint density at radius 1 is 0.358 bits per heavy atom. The van der Waals surface area contributed by atoms with Crippen LogP contribution in [0.4, 0.5) is 22.7 Å². The summed E-state index contributed by atoms with van der Waals surface area (Å²) in [5.41, 5.74) is 20.8. The minimum atomic E-state index is -0.162. The molecule has 0 unspecified atom stereocenters. The molecule has 454 valence electrons. The van der Waals surface area contributed by atoms with Gasteiger partial charge in [-0.25, -0.2) is 4.98 Å². The fourth-order valence-electron chi connectivity index (χ4n) is 18.3. The largest absolute Gasteiger partial charge is 0.457 e. The van der Waals surface area contributed by atoms with Crippen LogP contribution in [0.1, 0.15) is 43.2 Å². The Labute approximate surface area is 554 Å². The molecular weight excluding hydrogens is 1150 g/mol. The van der Waals surface area contributed by atoms with Crippen molar-refractivity contribution in [3.05, 3.63) is 327 Å². The second-order valence-corrected chi connectivity index (χ2v) is 27.0. The topological polar surface area (TPSA) is 33.5 Å². The zero-order valence-corrected chi connectivity index (χ0v) is 52.8. The van der Waals surface area contributed by atoms with E-state index in [1.807, 2.05) is 0 Å². The van der Waals surface area contributed by atoms with Gasteiger partial charge in [0.2, 0.25) is 0 Å². The number of pyridine rings is 1. The van der Waals surface area contributed by atoms with E-state index in [0.29, 0.717) is 18.5 Å². The number of hydrogen-bond donors (Lipinski definition) is 0. The van der Waals surface area contributed by atoms with Gasteiger partial charge < -0.3 is 14.5 Å². The third kappa shape index (κ3) is 9.08. The fourth-order valence-corrected chi connectivity index (χ4v) is 18.3. The van der Waals surface area contributed by atoms with E-state index in [-0.39, 0.29) is 5.41 Å². The number of ether oxygens (including phenoxy) is 1. The highest BCUT2D eigenvalue weighted by atomic mass is 16.5. The van der Waals surface area contributed by atoms with Crippen LogP contribution in [0.2, 0.25) is 0 Å². The highest BCUT2D eigenvalue weighted by Crippen LogP contribution is 2.66. The maximum absolute atomic E-state index is 7.53. The minimum absolute atomic E-state index is 0.162. The van der Waals surface area contributed by atoms with Crippen LogP contribution >= 0.6 is 0 Å². The summed E-state index contributed by atoms with van der Waals surface area (Å²) in [4.78, 5) is 10.4. The third-order valence-corrected chi connectivity index (χ3v) is 21.9. The normalized spacial score (nSPS) is 18.7. The number of aromatic nitrogens is 2. The summed E-state index contributed by atoms with van der Waals surface area (Å²) in [6.07, 6.45) is 8.61. The van der Waals surface area contributed by atoms with E-state index in [2.05, 4.69) is 330 Å². The molecule has 13 aromatic carbocycles. The molecule has 4 aliphatic carbocycles. The molecular formula is C90H68N4O. The van der Waals surface area contributed by atoms with Crippen molar-refractivity contribution in [2.75, 3.05) is 16.5 Å². The number of para-hydroxylation sites is 4. The van der Waals surface area contributed by atoms with Crippen molar-refractivity contribution in [3.63, 3.8) is 0 Å². The lowest BCUT2D eigenvalue weighted by atomic mass is 9.42. The Balaban J connectivity index is 0.785. The maximum atomic E-state index is 7.53. The summed E-state index contributed by atoms with van der Waals surface area (Å²) in [7, 11) is 0. The molecule has 1 aliphatic heterocycles. The van der Waals surface area contributed by atoms with Gasteiger partial charge in [-0.15, -0.1) is 0 Å². The van der Waals surface area contributed by atoms with Crippen LogP contribution in [-0.2, 0) is 5.41 Å². The lowest BCUT2D eigenvalue weighted by Crippen LogP contribution is -2.56.